The molecule has 1 aromatic heterocycles. The molecule has 0 unspecified atom stereocenters. The fourth-order valence-corrected chi connectivity index (χ4v) is 2.36. The molecular weight excluding hydrogens is 248 g/mol. The van der Waals surface area contributed by atoms with Gasteiger partial charge in [-0.25, -0.2) is 4.68 Å². The first-order valence-electron chi connectivity index (χ1n) is 7.25. The first-order valence-corrected chi connectivity index (χ1v) is 7.25. The Bertz CT molecular complexity index is 531. The van der Waals surface area contributed by atoms with E-state index in [2.05, 4.69) is 36.4 Å². The zero-order chi connectivity index (χ0) is 14.4. The molecule has 20 heavy (non-hydrogen) atoms. The van der Waals surface area contributed by atoms with Gasteiger partial charge in [-0.1, -0.05) is 18.2 Å². The topological polar surface area (TPSA) is 55.9 Å². The highest BCUT2D eigenvalue weighted by molar-refractivity contribution is 5.36. The van der Waals surface area contributed by atoms with Crippen LogP contribution in [0.15, 0.2) is 30.3 Å². The molecule has 0 saturated carbocycles. The predicted octanol–water partition coefficient (Wildman–Crippen LogP) is 2.32. The second-order valence-electron chi connectivity index (χ2n) is 5.07. The summed E-state index contributed by atoms with van der Waals surface area (Å²) in [5, 5.41) is 8.13. The van der Waals surface area contributed by atoms with Crippen LogP contribution in [0.3, 0.4) is 0 Å². The molecule has 0 atom stereocenters. The summed E-state index contributed by atoms with van der Waals surface area (Å²) in [6.45, 7) is 6.85. The first-order chi connectivity index (χ1) is 9.74. The summed E-state index contributed by atoms with van der Waals surface area (Å²) < 4.78 is 2.02. The fraction of sp³-hybridized carbons (Fsp3) is 0.438. The summed E-state index contributed by atoms with van der Waals surface area (Å²) in [4.78, 5) is 0. The van der Waals surface area contributed by atoms with Crippen LogP contribution in [0.1, 0.15) is 29.8 Å². The Morgan fingerprint density at radius 3 is 2.60 bits per heavy atom. The van der Waals surface area contributed by atoms with Crippen molar-refractivity contribution in [2.45, 2.75) is 33.2 Å². The van der Waals surface area contributed by atoms with Crippen LogP contribution in [0.2, 0.25) is 0 Å². The number of rotatable bonds is 7. The second-order valence-corrected chi connectivity index (χ2v) is 5.07. The Labute approximate surface area is 121 Å². The van der Waals surface area contributed by atoms with Crippen molar-refractivity contribution in [3.8, 4) is 5.69 Å². The van der Waals surface area contributed by atoms with Gasteiger partial charge in [0.15, 0.2) is 0 Å². The minimum atomic E-state index is 0.770. The van der Waals surface area contributed by atoms with Crippen LogP contribution in [0.5, 0.6) is 0 Å². The van der Waals surface area contributed by atoms with Gasteiger partial charge in [0, 0.05) is 17.8 Å². The molecule has 4 nitrogen and oxygen atoms in total. The number of aromatic nitrogens is 2. The molecule has 0 aliphatic heterocycles. The Kier molecular flexibility index (Phi) is 5.32. The lowest BCUT2D eigenvalue weighted by Gasteiger charge is -2.06. The summed E-state index contributed by atoms with van der Waals surface area (Å²) in [5.41, 5.74) is 10.2. The molecule has 3 N–H and O–H groups in total. The summed E-state index contributed by atoms with van der Waals surface area (Å²) >= 11 is 0. The van der Waals surface area contributed by atoms with E-state index in [0.717, 1.165) is 43.9 Å². The molecule has 1 heterocycles. The van der Waals surface area contributed by atoms with Crippen LogP contribution in [0.25, 0.3) is 5.69 Å². The SMILES string of the molecule is Cc1nn(-c2ccccc2)c(C)c1CNCCCCN. The maximum absolute atomic E-state index is 5.50. The first kappa shape index (κ1) is 14.8. The van der Waals surface area contributed by atoms with Crippen molar-refractivity contribution >= 4 is 0 Å². The Balaban J connectivity index is 2.06. The van der Waals surface area contributed by atoms with Gasteiger partial charge in [-0.2, -0.15) is 5.10 Å². The van der Waals surface area contributed by atoms with Crippen LogP contribution >= 0.6 is 0 Å². The molecule has 0 bridgehead atoms. The fourth-order valence-electron chi connectivity index (χ4n) is 2.36. The van der Waals surface area contributed by atoms with Gasteiger partial charge < -0.3 is 11.1 Å². The van der Waals surface area contributed by atoms with Gasteiger partial charge in [-0.15, -0.1) is 0 Å². The van der Waals surface area contributed by atoms with Crippen LogP contribution in [-0.2, 0) is 6.54 Å². The highest BCUT2D eigenvalue weighted by Gasteiger charge is 2.11. The zero-order valence-electron chi connectivity index (χ0n) is 12.4. The van der Waals surface area contributed by atoms with E-state index < -0.39 is 0 Å². The van der Waals surface area contributed by atoms with Crippen LogP contribution in [0.4, 0.5) is 0 Å². The van der Waals surface area contributed by atoms with Gasteiger partial charge in [0.2, 0.25) is 0 Å². The van der Waals surface area contributed by atoms with E-state index in [4.69, 9.17) is 5.73 Å². The van der Waals surface area contributed by atoms with Gasteiger partial charge in [0.1, 0.15) is 0 Å². The van der Waals surface area contributed by atoms with Crippen LogP contribution < -0.4 is 11.1 Å². The van der Waals surface area contributed by atoms with Gasteiger partial charge in [0.25, 0.3) is 0 Å². The number of nitrogens with one attached hydrogen (secondary N) is 1. The summed E-state index contributed by atoms with van der Waals surface area (Å²) in [7, 11) is 0. The minimum Gasteiger partial charge on any atom is -0.330 e. The Morgan fingerprint density at radius 2 is 1.90 bits per heavy atom. The number of nitrogens with two attached hydrogens (primary N) is 1. The highest BCUT2D eigenvalue weighted by Crippen LogP contribution is 2.17. The third-order valence-electron chi connectivity index (χ3n) is 3.55. The monoisotopic (exact) mass is 272 g/mol. The Morgan fingerprint density at radius 1 is 1.15 bits per heavy atom. The molecular formula is C16H24N4. The third-order valence-corrected chi connectivity index (χ3v) is 3.55. The van der Waals surface area contributed by atoms with Crippen molar-refractivity contribution in [1.82, 2.24) is 15.1 Å². The normalized spacial score (nSPS) is 10.9. The van der Waals surface area contributed by atoms with E-state index >= 15 is 0 Å². The van der Waals surface area contributed by atoms with Crippen molar-refractivity contribution in [2.24, 2.45) is 5.73 Å². The molecule has 2 rings (SSSR count). The average molecular weight is 272 g/mol. The third kappa shape index (κ3) is 3.46. The molecule has 0 fully saturated rings. The molecule has 0 amide bonds. The van der Waals surface area contributed by atoms with Crippen LogP contribution in [0, 0.1) is 13.8 Å². The van der Waals surface area contributed by atoms with Crippen molar-refractivity contribution in [2.75, 3.05) is 13.1 Å². The van der Waals surface area contributed by atoms with Crippen molar-refractivity contribution in [3.05, 3.63) is 47.3 Å². The largest absolute Gasteiger partial charge is 0.330 e. The van der Waals surface area contributed by atoms with E-state index in [-0.39, 0.29) is 0 Å². The van der Waals surface area contributed by atoms with Crippen molar-refractivity contribution in [1.29, 1.82) is 0 Å². The lowest BCUT2D eigenvalue weighted by atomic mass is 10.2. The number of hydrogen-bond acceptors (Lipinski definition) is 3. The maximum Gasteiger partial charge on any atom is 0.0648 e. The molecule has 2 aromatic rings. The number of aryl methyl sites for hydroxylation is 1. The molecule has 0 spiro atoms. The quantitative estimate of drug-likeness (QED) is 0.761. The van der Waals surface area contributed by atoms with Crippen LogP contribution in [-0.4, -0.2) is 22.9 Å². The average Bonchev–Trinajstić information content (AvgIpc) is 2.75. The zero-order valence-corrected chi connectivity index (χ0v) is 12.4. The molecule has 0 saturated heterocycles. The lowest BCUT2D eigenvalue weighted by Crippen LogP contribution is -2.16. The summed E-state index contributed by atoms with van der Waals surface area (Å²) in [6, 6.07) is 10.3. The lowest BCUT2D eigenvalue weighted by molar-refractivity contribution is 0.624. The molecule has 4 heteroatoms. The predicted molar refractivity (Wildman–Crippen MR) is 83.0 cm³/mol. The van der Waals surface area contributed by atoms with E-state index in [0.29, 0.717) is 0 Å². The number of nitrogens with zero attached hydrogens (tertiary/aromatic N) is 2. The summed E-state index contributed by atoms with van der Waals surface area (Å²) in [5.74, 6) is 0. The van der Waals surface area contributed by atoms with E-state index in [1.165, 1.54) is 11.3 Å². The maximum atomic E-state index is 5.50. The molecule has 0 aliphatic carbocycles. The Hall–Kier alpha value is -1.65. The number of para-hydroxylation sites is 1. The molecule has 1 aromatic carbocycles. The number of benzene rings is 1. The van der Waals surface area contributed by atoms with E-state index in [1.54, 1.807) is 0 Å². The number of unbranched alkanes of at least 4 members (excludes halogenated alkanes) is 1. The smallest absolute Gasteiger partial charge is 0.0648 e. The van der Waals surface area contributed by atoms with E-state index in [9.17, 15) is 0 Å². The van der Waals surface area contributed by atoms with Gasteiger partial charge in [0.05, 0.1) is 11.4 Å². The van der Waals surface area contributed by atoms with Gasteiger partial charge in [-0.05, 0) is 51.9 Å². The van der Waals surface area contributed by atoms with Gasteiger partial charge in [-0.3, -0.25) is 0 Å². The summed E-state index contributed by atoms with van der Waals surface area (Å²) in [6.07, 6.45) is 2.20. The van der Waals surface area contributed by atoms with Gasteiger partial charge >= 0.3 is 0 Å². The minimum absolute atomic E-state index is 0.770. The molecule has 0 aliphatic rings. The van der Waals surface area contributed by atoms with Crippen molar-refractivity contribution < 1.29 is 0 Å². The molecule has 108 valence electrons. The molecule has 0 radical (unpaired) electrons. The number of hydrogen-bond donors (Lipinski definition) is 2. The van der Waals surface area contributed by atoms with Crippen molar-refractivity contribution in [3.63, 3.8) is 0 Å². The standard InChI is InChI=1S/C16H24N4/c1-13-16(12-18-11-7-6-10-17)14(2)20(19-13)15-8-4-3-5-9-15/h3-5,8-9,18H,6-7,10-12,17H2,1-2H3. The van der Waals surface area contributed by atoms with E-state index in [1.807, 2.05) is 22.9 Å². The second kappa shape index (κ2) is 7.22. The highest BCUT2D eigenvalue weighted by atomic mass is 15.3.